The van der Waals surface area contributed by atoms with Crippen LogP contribution in [0.3, 0.4) is 0 Å². The maximum absolute atomic E-state index is 12.1. The van der Waals surface area contributed by atoms with E-state index in [0.29, 0.717) is 22.8 Å². The molecule has 0 bridgehead atoms. The van der Waals surface area contributed by atoms with Crippen molar-refractivity contribution in [3.63, 3.8) is 0 Å². The molecular weight excluding hydrogens is 412 g/mol. The van der Waals surface area contributed by atoms with E-state index in [1.165, 1.54) is 11.0 Å². The number of thioether (sulfide) groups is 1. The van der Waals surface area contributed by atoms with Crippen LogP contribution in [0.5, 0.6) is 0 Å². The minimum Gasteiger partial charge on any atom is -0.360 e. The van der Waals surface area contributed by atoms with Crippen LogP contribution in [-0.2, 0) is 9.59 Å². The summed E-state index contributed by atoms with van der Waals surface area (Å²) in [5.74, 6) is -0.379. The highest BCUT2D eigenvalue weighted by Gasteiger charge is 2.17. The molecule has 13 heteroatoms. The lowest BCUT2D eigenvalue weighted by atomic mass is 10.2. The first-order valence-electron chi connectivity index (χ1n) is 8.71. The maximum Gasteiger partial charge on any atom is 0.269 e. The molecule has 0 spiro atoms. The van der Waals surface area contributed by atoms with Crippen molar-refractivity contribution in [1.29, 1.82) is 0 Å². The molecule has 0 saturated heterocycles. The van der Waals surface area contributed by atoms with E-state index in [1.54, 1.807) is 44.2 Å². The molecule has 3 amide bonds. The van der Waals surface area contributed by atoms with Crippen LogP contribution in [0.15, 0.2) is 41.2 Å². The number of carbonyl (C=O) groups excluding carboxylic acids is 3. The van der Waals surface area contributed by atoms with Gasteiger partial charge in [0.15, 0.2) is 5.82 Å². The molecule has 0 aliphatic carbocycles. The molecule has 0 aliphatic rings. The largest absolute Gasteiger partial charge is 0.360 e. The van der Waals surface area contributed by atoms with Crippen molar-refractivity contribution in [2.45, 2.75) is 19.1 Å². The van der Waals surface area contributed by atoms with Gasteiger partial charge in [0.1, 0.15) is 12.1 Å². The number of nitrogens with one attached hydrogen (secondary N) is 3. The number of nitrogens with zero attached hydrogens (tertiary/aromatic N) is 5. The number of carbonyl (C=O) groups is 3. The molecule has 3 aromatic rings. The second-order valence-electron chi connectivity index (χ2n) is 6.07. The fraction of sp³-hybridized carbons (Fsp3) is 0.235. The maximum atomic E-state index is 12.1. The minimum absolute atomic E-state index is 0.0229. The number of benzene rings is 1. The lowest BCUT2D eigenvalue weighted by Gasteiger charge is -2.11. The van der Waals surface area contributed by atoms with Crippen LogP contribution in [0.1, 0.15) is 23.0 Å². The second kappa shape index (κ2) is 9.65. The molecule has 2 aromatic heterocycles. The van der Waals surface area contributed by atoms with Gasteiger partial charge in [0.2, 0.25) is 11.8 Å². The Balaban J connectivity index is 1.40. The molecule has 1 atom stereocenters. The van der Waals surface area contributed by atoms with E-state index in [2.05, 4.69) is 36.9 Å². The fourth-order valence-electron chi connectivity index (χ4n) is 2.21. The lowest BCUT2D eigenvalue weighted by molar-refractivity contribution is -0.119. The van der Waals surface area contributed by atoms with E-state index < -0.39 is 17.1 Å². The number of aromatic nitrogens is 5. The van der Waals surface area contributed by atoms with Gasteiger partial charge in [-0.05, 0) is 48.5 Å². The van der Waals surface area contributed by atoms with Gasteiger partial charge in [0.05, 0.1) is 16.7 Å². The smallest absolute Gasteiger partial charge is 0.269 e. The van der Waals surface area contributed by atoms with E-state index in [0.717, 1.165) is 11.8 Å². The molecule has 30 heavy (non-hydrogen) atoms. The zero-order valence-electron chi connectivity index (χ0n) is 16.0. The van der Waals surface area contributed by atoms with Gasteiger partial charge < -0.3 is 9.84 Å². The van der Waals surface area contributed by atoms with Crippen molar-refractivity contribution in [3.05, 3.63) is 48.0 Å². The summed E-state index contributed by atoms with van der Waals surface area (Å²) in [4.78, 5) is 36.2. The standard InChI is InChI=1S/C17H18N8O4S/c1-10-7-14(22-29-10)19-16(27)11(2)30-8-15(26)20-21-17(28)12-3-5-13(6-4-12)25-9-18-23-24-25/h3-7,9,11H,8H2,1-2H3,(H,20,26)(H,21,28)(H,19,22,27). The molecule has 0 fully saturated rings. The molecule has 156 valence electrons. The number of hydrogen-bond acceptors (Lipinski definition) is 9. The molecule has 2 heterocycles. The predicted octanol–water partition coefficient (Wildman–Crippen LogP) is 0.480. The van der Waals surface area contributed by atoms with E-state index >= 15 is 0 Å². The normalized spacial score (nSPS) is 11.5. The summed E-state index contributed by atoms with van der Waals surface area (Å²) in [7, 11) is 0. The number of anilines is 1. The third-order valence-corrected chi connectivity index (χ3v) is 4.91. The van der Waals surface area contributed by atoms with Crippen LogP contribution in [0.2, 0.25) is 0 Å². The van der Waals surface area contributed by atoms with Gasteiger partial charge in [-0.1, -0.05) is 5.16 Å². The third-order valence-electron chi connectivity index (χ3n) is 3.77. The van der Waals surface area contributed by atoms with Crippen molar-refractivity contribution < 1.29 is 18.9 Å². The van der Waals surface area contributed by atoms with E-state index in [4.69, 9.17) is 4.52 Å². The summed E-state index contributed by atoms with van der Waals surface area (Å²) in [5, 5.41) is 16.6. The Morgan fingerprint density at radius 2 is 1.97 bits per heavy atom. The Kier molecular flexibility index (Phi) is 6.75. The lowest BCUT2D eigenvalue weighted by Crippen LogP contribution is -2.42. The summed E-state index contributed by atoms with van der Waals surface area (Å²) in [6, 6.07) is 8.07. The average Bonchev–Trinajstić information content (AvgIpc) is 3.42. The van der Waals surface area contributed by atoms with Gasteiger partial charge in [-0.15, -0.1) is 16.9 Å². The molecule has 1 aromatic carbocycles. The number of aryl methyl sites for hydroxylation is 1. The Labute approximate surface area is 174 Å². The summed E-state index contributed by atoms with van der Waals surface area (Å²) in [6.45, 7) is 3.37. The molecule has 12 nitrogen and oxygen atoms in total. The van der Waals surface area contributed by atoms with Crippen molar-refractivity contribution in [3.8, 4) is 5.69 Å². The number of hydrogen-bond donors (Lipinski definition) is 3. The van der Waals surface area contributed by atoms with Crippen LogP contribution in [0.4, 0.5) is 5.82 Å². The van der Waals surface area contributed by atoms with Crippen molar-refractivity contribution in [1.82, 2.24) is 36.2 Å². The molecular formula is C17H18N8O4S. The number of tetrazole rings is 1. The van der Waals surface area contributed by atoms with E-state index in [9.17, 15) is 14.4 Å². The van der Waals surface area contributed by atoms with Crippen molar-refractivity contribution in [2.75, 3.05) is 11.1 Å². The summed E-state index contributed by atoms with van der Waals surface area (Å²) < 4.78 is 6.32. The highest BCUT2D eigenvalue weighted by Crippen LogP contribution is 2.14. The molecule has 1 unspecified atom stereocenters. The second-order valence-corrected chi connectivity index (χ2v) is 7.40. The van der Waals surface area contributed by atoms with Crippen LogP contribution in [0.25, 0.3) is 5.69 Å². The zero-order chi connectivity index (χ0) is 21.5. The van der Waals surface area contributed by atoms with Gasteiger partial charge in [-0.2, -0.15) is 0 Å². The zero-order valence-corrected chi connectivity index (χ0v) is 16.8. The SMILES string of the molecule is Cc1cc(NC(=O)C(C)SCC(=O)NNC(=O)c2ccc(-n3cnnn3)cc2)no1. The Morgan fingerprint density at radius 1 is 1.20 bits per heavy atom. The molecule has 3 rings (SSSR count). The van der Waals surface area contributed by atoms with Crippen LogP contribution in [0, 0.1) is 6.92 Å². The third kappa shape index (κ3) is 5.64. The fourth-order valence-corrected chi connectivity index (χ4v) is 2.89. The molecule has 0 saturated carbocycles. The van der Waals surface area contributed by atoms with Crippen LogP contribution in [-0.4, -0.2) is 54.1 Å². The van der Waals surface area contributed by atoms with Gasteiger partial charge in [-0.3, -0.25) is 25.2 Å². The highest BCUT2D eigenvalue weighted by atomic mass is 32.2. The first-order chi connectivity index (χ1) is 14.4. The first kappa shape index (κ1) is 21.0. The first-order valence-corrected chi connectivity index (χ1v) is 9.75. The monoisotopic (exact) mass is 430 g/mol. The van der Waals surface area contributed by atoms with E-state index in [-0.39, 0.29) is 11.7 Å². The molecule has 0 radical (unpaired) electrons. The van der Waals surface area contributed by atoms with Gasteiger partial charge in [-0.25, -0.2) is 4.68 Å². The predicted molar refractivity (Wildman–Crippen MR) is 107 cm³/mol. The van der Waals surface area contributed by atoms with Crippen molar-refractivity contribution >= 4 is 35.3 Å². The van der Waals surface area contributed by atoms with Crippen molar-refractivity contribution in [2.24, 2.45) is 0 Å². The quantitative estimate of drug-likeness (QED) is 0.453. The summed E-state index contributed by atoms with van der Waals surface area (Å²) in [6.07, 6.45) is 1.43. The summed E-state index contributed by atoms with van der Waals surface area (Å²) in [5.41, 5.74) is 5.67. The minimum atomic E-state index is -0.512. The topological polar surface area (TPSA) is 157 Å². The Bertz CT molecular complexity index is 1020. The molecule has 3 N–H and O–H groups in total. The molecule has 0 aliphatic heterocycles. The Morgan fingerprint density at radius 3 is 2.60 bits per heavy atom. The average molecular weight is 430 g/mol. The number of hydrazine groups is 1. The van der Waals surface area contributed by atoms with E-state index in [1.807, 2.05) is 0 Å². The number of rotatable bonds is 7. The van der Waals surface area contributed by atoms with Gasteiger partial charge >= 0.3 is 0 Å². The number of amides is 3. The van der Waals surface area contributed by atoms with Crippen LogP contribution >= 0.6 is 11.8 Å². The summed E-state index contributed by atoms with van der Waals surface area (Å²) >= 11 is 1.11. The van der Waals surface area contributed by atoms with Gasteiger partial charge in [0.25, 0.3) is 5.91 Å². The van der Waals surface area contributed by atoms with Crippen LogP contribution < -0.4 is 16.2 Å². The Hall–Kier alpha value is -3.74. The van der Waals surface area contributed by atoms with Gasteiger partial charge in [0, 0.05) is 11.6 Å². The highest BCUT2D eigenvalue weighted by molar-refractivity contribution is 8.01.